The minimum Gasteiger partial charge on any atom is -0.477 e. The molecule has 0 N–H and O–H groups in total. The third-order valence-corrected chi connectivity index (χ3v) is 5.86. The van der Waals surface area contributed by atoms with Gasteiger partial charge < -0.3 is 14.4 Å². The molecule has 2 aliphatic rings. The molecule has 0 radical (unpaired) electrons. The smallest absolute Gasteiger partial charge is 0.410 e. The Labute approximate surface area is 160 Å². The third-order valence-electron chi connectivity index (χ3n) is 4.54. The Bertz CT molecular complexity index is 842. The van der Waals surface area contributed by atoms with Crippen LogP contribution in [0.15, 0.2) is 33.6 Å². The molecule has 2 aliphatic heterocycles. The second kappa shape index (κ2) is 7.50. The number of ether oxygens (including phenoxy) is 2. The number of rotatable bonds is 3. The molecule has 1 unspecified atom stereocenters. The fourth-order valence-electron chi connectivity index (χ4n) is 3.33. The molecule has 7 nitrogen and oxygen atoms in total. The summed E-state index contributed by atoms with van der Waals surface area (Å²) in [6, 6.07) is 6.64. The van der Waals surface area contributed by atoms with Gasteiger partial charge in [-0.2, -0.15) is 8.42 Å². The van der Waals surface area contributed by atoms with Crippen LogP contribution >= 0.6 is 0 Å². The van der Waals surface area contributed by atoms with Crippen molar-refractivity contribution in [3.8, 4) is 0 Å². The molecule has 1 fully saturated rings. The van der Waals surface area contributed by atoms with Gasteiger partial charge in [-0.3, -0.25) is 0 Å². The third kappa shape index (κ3) is 4.61. The lowest BCUT2D eigenvalue weighted by atomic mass is 10.0. The van der Waals surface area contributed by atoms with Crippen molar-refractivity contribution in [1.82, 2.24) is 4.90 Å². The first kappa shape index (κ1) is 19.7. The Kier molecular flexibility index (Phi) is 5.46. The van der Waals surface area contributed by atoms with E-state index in [1.807, 2.05) is 20.8 Å². The van der Waals surface area contributed by atoms with Gasteiger partial charge in [-0.05, 0) is 52.2 Å². The number of benzene rings is 1. The fourth-order valence-corrected chi connectivity index (χ4v) is 4.48. The topological polar surface area (TPSA) is 85.3 Å². The van der Waals surface area contributed by atoms with E-state index in [9.17, 15) is 13.2 Å². The van der Waals surface area contributed by atoms with Crippen LogP contribution in [0.3, 0.4) is 0 Å². The summed E-state index contributed by atoms with van der Waals surface area (Å²) in [4.78, 5) is 14.4. The van der Waals surface area contributed by atoms with Crippen LogP contribution in [0.4, 0.5) is 4.79 Å². The largest absolute Gasteiger partial charge is 0.477 e. The van der Waals surface area contributed by atoms with Crippen molar-refractivity contribution < 1.29 is 22.7 Å². The van der Waals surface area contributed by atoms with E-state index in [-0.39, 0.29) is 29.5 Å². The van der Waals surface area contributed by atoms with Crippen molar-refractivity contribution in [3.63, 3.8) is 0 Å². The normalized spacial score (nSPS) is 21.4. The Morgan fingerprint density at radius 1 is 1.26 bits per heavy atom. The average molecular weight is 394 g/mol. The fraction of sp³-hybridized carbons (Fsp3) is 0.579. The Balaban J connectivity index is 1.62. The van der Waals surface area contributed by atoms with Crippen LogP contribution < -0.4 is 0 Å². The molecule has 1 saturated heterocycles. The maximum absolute atomic E-state index is 12.5. The number of hydrogen-bond donors (Lipinski definition) is 0. The zero-order chi connectivity index (χ0) is 19.7. The summed E-state index contributed by atoms with van der Waals surface area (Å²) < 4.78 is 39.1. The molecule has 1 amide bonds. The molecule has 27 heavy (non-hydrogen) atoms. The van der Waals surface area contributed by atoms with E-state index in [0.29, 0.717) is 18.5 Å². The molecular weight excluding hydrogens is 368 g/mol. The van der Waals surface area contributed by atoms with Gasteiger partial charge in [0.25, 0.3) is 10.0 Å². The van der Waals surface area contributed by atoms with Crippen LogP contribution in [0.2, 0.25) is 0 Å². The van der Waals surface area contributed by atoms with Crippen LogP contribution in [-0.4, -0.2) is 50.1 Å². The lowest BCUT2D eigenvalue weighted by Crippen LogP contribution is -2.46. The number of hydrogen-bond acceptors (Lipinski definition) is 5. The second-order valence-corrected chi connectivity index (χ2v) is 9.40. The van der Waals surface area contributed by atoms with Crippen LogP contribution in [0.1, 0.15) is 52.0 Å². The summed E-state index contributed by atoms with van der Waals surface area (Å²) in [5.41, 5.74) is -0.0446. The first-order chi connectivity index (χ1) is 12.7. The maximum atomic E-state index is 12.5. The first-order valence-electron chi connectivity index (χ1n) is 9.24. The molecule has 0 saturated carbocycles. The Morgan fingerprint density at radius 3 is 2.74 bits per heavy atom. The zero-order valence-electron chi connectivity index (χ0n) is 16.0. The van der Waals surface area contributed by atoms with Gasteiger partial charge in [0.1, 0.15) is 10.5 Å². The summed E-state index contributed by atoms with van der Waals surface area (Å²) >= 11 is 0. The summed E-state index contributed by atoms with van der Waals surface area (Å²) in [5.74, 6) is 0.130. The van der Waals surface area contributed by atoms with Crippen LogP contribution in [0.5, 0.6) is 0 Å². The van der Waals surface area contributed by atoms with Gasteiger partial charge in [-0.25, -0.2) is 4.79 Å². The van der Waals surface area contributed by atoms with Gasteiger partial charge in [0.05, 0.1) is 12.2 Å². The van der Waals surface area contributed by atoms with E-state index in [1.54, 1.807) is 23.1 Å². The second-order valence-electron chi connectivity index (χ2n) is 7.83. The first-order valence-corrected chi connectivity index (χ1v) is 10.7. The van der Waals surface area contributed by atoms with Crippen molar-refractivity contribution in [1.29, 1.82) is 0 Å². The van der Waals surface area contributed by atoms with Gasteiger partial charge in [0.15, 0.2) is 0 Å². The lowest BCUT2D eigenvalue weighted by molar-refractivity contribution is 0.00728. The van der Waals surface area contributed by atoms with E-state index in [4.69, 9.17) is 9.47 Å². The number of carbonyl (C=O) groups is 1. The van der Waals surface area contributed by atoms with Crippen molar-refractivity contribution in [3.05, 3.63) is 29.8 Å². The minimum atomic E-state index is -3.68. The van der Waals surface area contributed by atoms with Crippen molar-refractivity contribution >= 4 is 22.0 Å². The summed E-state index contributed by atoms with van der Waals surface area (Å²) in [5, 5.41) is 0. The van der Waals surface area contributed by atoms with Crippen LogP contribution in [0.25, 0.3) is 0 Å². The highest BCUT2D eigenvalue weighted by Gasteiger charge is 2.32. The van der Waals surface area contributed by atoms with E-state index in [1.165, 1.54) is 6.07 Å². The average Bonchev–Trinajstić information content (AvgIpc) is 2.85. The van der Waals surface area contributed by atoms with Gasteiger partial charge in [0.2, 0.25) is 5.90 Å². The summed E-state index contributed by atoms with van der Waals surface area (Å²) in [6.07, 6.45) is 3.17. The molecule has 1 aromatic carbocycles. The van der Waals surface area contributed by atoms with Crippen LogP contribution in [-0.2, 0) is 19.5 Å². The standard InChI is InChI=1S/C19H26N2O5S/c1-19(2,3)26-18(22)21-12-7-6-8-14(21)11-13-25-17-15-9-4-5-10-16(15)27(23,24)20-17/h4-5,9-10,14H,6-8,11-13H2,1-3H3. The van der Waals surface area contributed by atoms with Crippen molar-refractivity contribution in [2.75, 3.05) is 13.2 Å². The number of nitrogens with zero attached hydrogens (tertiary/aromatic N) is 2. The van der Waals surface area contributed by atoms with Gasteiger partial charge in [-0.1, -0.05) is 12.1 Å². The molecule has 2 heterocycles. The predicted octanol–water partition coefficient (Wildman–Crippen LogP) is 3.33. The SMILES string of the molecule is CC(C)(C)OC(=O)N1CCCCC1CCOC1=NS(=O)(=O)c2ccccc21. The molecule has 0 aliphatic carbocycles. The zero-order valence-corrected chi connectivity index (χ0v) is 16.8. The number of likely N-dealkylation sites (tertiary alicyclic amines) is 1. The monoisotopic (exact) mass is 394 g/mol. The lowest BCUT2D eigenvalue weighted by Gasteiger charge is -2.36. The van der Waals surface area contributed by atoms with Gasteiger partial charge >= 0.3 is 6.09 Å². The number of sulfonamides is 1. The van der Waals surface area contributed by atoms with E-state index in [2.05, 4.69) is 4.40 Å². The molecule has 1 aromatic rings. The highest BCUT2D eigenvalue weighted by Crippen LogP contribution is 2.27. The van der Waals surface area contributed by atoms with E-state index in [0.717, 1.165) is 19.3 Å². The molecule has 148 valence electrons. The molecule has 8 heteroatoms. The molecule has 1 atom stereocenters. The molecule has 0 bridgehead atoms. The summed E-state index contributed by atoms with van der Waals surface area (Å²) in [7, 11) is -3.68. The maximum Gasteiger partial charge on any atom is 0.410 e. The van der Waals surface area contributed by atoms with E-state index < -0.39 is 15.6 Å². The van der Waals surface area contributed by atoms with E-state index >= 15 is 0 Å². The molecule has 0 spiro atoms. The number of fused-ring (bicyclic) bond motifs is 1. The van der Waals surface area contributed by atoms with Crippen molar-refractivity contribution in [2.45, 2.75) is 63.0 Å². The minimum absolute atomic E-state index is 0.0162. The predicted molar refractivity (Wildman–Crippen MR) is 101 cm³/mol. The Morgan fingerprint density at radius 2 is 2.00 bits per heavy atom. The highest BCUT2D eigenvalue weighted by atomic mass is 32.2. The molecule has 3 rings (SSSR count). The molecular formula is C19H26N2O5S. The quantitative estimate of drug-likeness (QED) is 0.785. The summed E-state index contributed by atoms with van der Waals surface area (Å²) in [6.45, 7) is 6.50. The van der Waals surface area contributed by atoms with Crippen molar-refractivity contribution in [2.24, 2.45) is 4.40 Å². The number of amides is 1. The van der Waals surface area contributed by atoms with Gasteiger partial charge in [-0.15, -0.1) is 4.40 Å². The Hall–Kier alpha value is -2.09. The van der Waals surface area contributed by atoms with Gasteiger partial charge in [0, 0.05) is 19.0 Å². The molecule has 0 aromatic heterocycles. The number of carbonyl (C=O) groups excluding carboxylic acids is 1. The van der Waals surface area contributed by atoms with Crippen LogP contribution in [0, 0.1) is 0 Å². The number of piperidine rings is 1. The highest BCUT2D eigenvalue weighted by molar-refractivity contribution is 7.90.